The van der Waals surface area contributed by atoms with Crippen LogP contribution < -0.4 is 9.64 Å². The number of anilines is 1. The molecule has 3 nitrogen and oxygen atoms in total. The molecular formula is C15H18Cl2N2O. The highest BCUT2D eigenvalue weighted by Crippen LogP contribution is 2.41. The second kappa shape index (κ2) is 7.06. The van der Waals surface area contributed by atoms with Crippen LogP contribution in [-0.4, -0.2) is 25.6 Å². The maximum Gasteiger partial charge on any atom is 0.147 e. The van der Waals surface area contributed by atoms with Gasteiger partial charge in [0.1, 0.15) is 11.8 Å². The quantitative estimate of drug-likeness (QED) is 0.771. The number of hydrogen-bond acceptors (Lipinski definition) is 3. The molecule has 1 saturated heterocycles. The molecule has 20 heavy (non-hydrogen) atoms. The van der Waals surface area contributed by atoms with Crippen molar-refractivity contribution in [2.75, 3.05) is 30.5 Å². The van der Waals surface area contributed by atoms with Crippen LogP contribution in [-0.2, 0) is 6.42 Å². The van der Waals surface area contributed by atoms with Gasteiger partial charge in [-0.1, -0.05) is 11.6 Å². The van der Waals surface area contributed by atoms with Gasteiger partial charge in [0, 0.05) is 19.0 Å². The summed E-state index contributed by atoms with van der Waals surface area (Å²) in [5, 5.41) is 9.91. The molecule has 0 N–H and O–H groups in total. The summed E-state index contributed by atoms with van der Waals surface area (Å²) in [7, 11) is 0. The molecule has 0 aliphatic carbocycles. The average molecular weight is 313 g/mol. The fourth-order valence-corrected chi connectivity index (χ4v) is 3.08. The zero-order chi connectivity index (χ0) is 14.5. The van der Waals surface area contributed by atoms with Crippen molar-refractivity contribution in [2.24, 2.45) is 0 Å². The topological polar surface area (TPSA) is 36.3 Å². The van der Waals surface area contributed by atoms with Gasteiger partial charge in [0.2, 0.25) is 0 Å². The Balaban J connectivity index is 2.60. The minimum atomic E-state index is 0.484. The van der Waals surface area contributed by atoms with E-state index in [1.54, 1.807) is 0 Å². The monoisotopic (exact) mass is 312 g/mol. The first-order valence-electron chi connectivity index (χ1n) is 6.92. The van der Waals surface area contributed by atoms with Gasteiger partial charge in [-0.3, -0.25) is 0 Å². The molecule has 0 aromatic heterocycles. The number of alkyl halides is 1. The van der Waals surface area contributed by atoms with Crippen molar-refractivity contribution in [3.8, 4) is 11.8 Å². The van der Waals surface area contributed by atoms with E-state index in [0.29, 0.717) is 29.5 Å². The van der Waals surface area contributed by atoms with Crippen LogP contribution in [0.25, 0.3) is 0 Å². The van der Waals surface area contributed by atoms with Crippen LogP contribution in [0.15, 0.2) is 6.07 Å². The van der Waals surface area contributed by atoms with Gasteiger partial charge in [-0.25, -0.2) is 0 Å². The number of nitriles is 1. The third kappa shape index (κ3) is 2.97. The molecular weight excluding hydrogens is 295 g/mol. The predicted octanol–water partition coefficient (Wildman–Crippen LogP) is 3.99. The molecule has 1 aromatic carbocycles. The number of nitrogens with zero attached hydrogens (tertiary/aromatic N) is 2. The zero-order valence-corrected chi connectivity index (χ0v) is 13.1. The van der Waals surface area contributed by atoms with Crippen molar-refractivity contribution in [1.29, 1.82) is 5.26 Å². The summed E-state index contributed by atoms with van der Waals surface area (Å²) in [6, 6.07) is 4.03. The average Bonchev–Trinajstić information content (AvgIpc) is 2.95. The van der Waals surface area contributed by atoms with Crippen molar-refractivity contribution in [2.45, 2.75) is 26.2 Å². The molecule has 0 atom stereocenters. The van der Waals surface area contributed by atoms with E-state index in [0.717, 1.165) is 42.9 Å². The van der Waals surface area contributed by atoms with Crippen molar-refractivity contribution >= 4 is 28.9 Å². The van der Waals surface area contributed by atoms with Crippen molar-refractivity contribution < 1.29 is 4.74 Å². The minimum Gasteiger partial charge on any atom is -0.491 e. The fraction of sp³-hybridized carbons (Fsp3) is 0.533. The molecule has 0 saturated carbocycles. The van der Waals surface area contributed by atoms with E-state index >= 15 is 0 Å². The molecule has 5 heteroatoms. The number of rotatable bonds is 5. The van der Waals surface area contributed by atoms with Gasteiger partial charge in [0.15, 0.2) is 0 Å². The van der Waals surface area contributed by atoms with Gasteiger partial charge in [0.25, 0.3) is 0 Å². The maximum atomic E-state index is 9.43. The smallest absolute Gasteiger partial charge is 0.147 e. The molecule has 1 aliphatic heterocycles. The van der Waals surface area contributed by atoms with Gasteiger partial charge < -0.3 is 9.64 Å². The van der Waals surface area contributed by atoms with Crippen LogP contribution >= 0.6 is 23.2 Å². The lowest BCUT2D eigenvalue weighted by molar-refractivity contribution is 0.337. The van der Waals surface area contributed by atoms with Crippen LogP contribution in [0.4, 0.5) is 5.69 Å². The summed E-state index contributed by atoms with van der Waals surface area (Å²) in [6.07, 6.45) is 2.95. The van der Waals surface area contributed by atoms with Crippen LogP contribution in [0.5, 0.6) is 5.75 Å². The van der Waals surface area contributed by atoms with Gasteiger partial charge in [-0.05, 0) is 37.8 Å². The minimum absolute atomic E-state index is 0.484. The highest BCUT2D eigenvalue weighted by molar-refractivity contribution is 6.32. The molecule has 0 unspecified atom stereocenters. The Kier molecular flexibility index (Phi) is 5.39. The molecule has 0 spiro atoms. The molecule has 2 rings (SSSR count). The summed E-state index contributed by atoms with van der Waals surface area (Å²) in [6.45, 7) is 4.38. The lowest BCUT2D eigenvalue weighted by Gasteiger charge is -2.25. The normalized spacial score (nSPS) is 14.4. The maximum absolute atomic E-state index is 9.43. The lowest BCUT2D eigenvalue weighted by atomic mass is 10.0. The third-order valence-corrected chi connectivity index (χ3v) is 3.96. The summed E-state index contributed by atoms with van der Waals surface area (Å²) in [5.74, 6) is 1.28. The Morgan fingerprint density at radius 1 is 1.40 bits per heavy atom. The first-order valence-corrected chi connectivity index (χ1v) is 7.83. The Morgan fingerprint density at radius 2 is 2.10 bits per heavy atom. The molecule has 1 aliphatic rings. The van der Waals surface area contributed by atoms with Crippen molar-refractivity contribution in [1.82, 2.24) is 0 Å². The van der Waals surface area contributed by atoms with E-state index in [1.165, 1.54) is 0 Å². The van der Waals surface area contributed by atoms with Crippen LogP contribution in [0.1, 0.15) is 30.9 Å². The SMILES string of the molecule is CCOc1c(CCCl)cc(Cl)c(C#N)c1N1CCCC1. The van der Waals surface area contributed by atoms with Gasteiger partial charge in [-0.2, -0.15) is 5.26 Å². The first kappa shape index (κ1) is 15.3. The number of ether oxygens (including phenoxy) is 1. The van der Waals surface area contributed by atoms with Gasteiger partial charge in [-0.15, -0.1) is 11.6 Å². The summed E-state index contributed by atoms with van der Waals surface area (Å²) < 4.78 is 5.82. The number of aryl methyl sites for hydroxylation is 1. The fourth-order valence-electron chi connectivity index (χ4n) is 2.61. The first-order chi connectivity index (χ1) is 9.72. The molecule has 0 bridgehead atoms. The summed E-state index contributed by atoms with van der Waals surface area (Å²) in [4.78, 5) is 2.20. The Morgan fingerprint density at radius 3 is 2.65 bits per heavy atom. The van der Waals surface area contributed by atoms with E-state index in [9.17, 15) is 5.26 Å². The zero-order valence-electron chi connectivity index (χ0n) is 11.6. The standard InChI is InChI=1S/C15H18Cl2N2O/c1-2-20-15-11(5-6-16)9-13(17)12(10-18)14(15)19-7-3-4-8-19/h9H,2-8H2,1H3. The van der Waals surface area contributed by atoms with Crippen molar-refractivity contribution in [3.63, 3.8) is 0 Å². The summed E-state index contributed by atoms with van der Waals surface area (Å²) >= 11 is 12.1. The largest absolute Gasteiger partial charge is 0.491 e. The molecule has 1 aromatic rings. The molecule has 1 fully saturated rings. The third-order valence-electron chi connectivity index (χ3n) is 3.47. The van der Waals surface area contributed by atoms with Gasteiger partial charge in [0.05, 0.1) is 22.9 Å². The number of hydrogen-bond donors (Lipinski definition) is 0. The van der Waals surface area contributed by atoms with E-state index in [1.807, 2.05) is 13.0 Å². The highest BCUT2D eigenvalue weighted by atomic mass is 35.5. The molecule has 1 heterocycles. The number of benzene rings is 1. The van der Waals surface area contributed by atoms with E-state index in [-0.39, 0.29) is 0 Å². The van der Waals surface area contributed by atoms with Crippen LogP contribution in [0.2, 0.25) is 5.02 Å². The van der Waals surface area contributed by atoms with E-state index in [2.05, 4.69) is 11.0 Å². The van der Waals surface area contributed by atoms with Crippen LogP contribution in [0.3, 0.4) is 0 Å². The van der Waals surface area contributed by atoms with Gasteiger partial charge >= 0.3 is 0 Å². The second-order valence-electron chi connectivity index (χ2n) is 4.75. The Labute approximate surface area is 130 Å². The van der Waals surface area contributed by atoms with Crippen LogP contribution in [0, 0.1) is 11.3 Å². The number of halogens is 2. The van der Waals surface area contributed by atoms with E-state index in [4.69, 9.17) is 27.9 Å². The lowest BCUT2D eigenvalue weighted by Crippen LogP contribution is -2.21. The highest BCUT2D eigenvalue weighted by Gasteiger charge is 2.25. The predicted molar refractivity (Wildman–Crippen MR) is 83.2 cm³/mol. The van der Waals surface area contributed by atoms with Crippen molar-refractivity contribution in [3.05, 3.63) is 22.2 Å². The molecule has 0 amide bonds. The Bertz CT molecular complexity index is 520. The second-order valence-corrected chi connectivity index (χ2v) is 5.53. The molecule has 0 radical (unpaired) electrons. The Hall–Kier alpha value is -1.11. The summed E-state index contributed by atoms with van der Waals surface area (Å²) in [5.41, 5.74) is 2.34. The molecule has 108 valence electrons. The van der Waals surface area contributed by atoms with E-state index < -0.39 is 0 Å².